The molecular weight excluding hydrogens is 655 g/mol. The molecule has 0 spiro atoms. The molecule has 2 aromatic carbocycles. The Kier molecular flexibility index (Phi) is 8.05. The van der Waals surface area contributed by atoms with Gasteiger partial charge in [-0.1, -0.05) is 36.3 Å². The van der Waals surface area contributed by atoms with Crippen molar-refractivity contribution in [2.45, 2.75) is 63.0 Å². The largest absolute Gasteiger partial charge is 0.471 e. The van der Waals surface area contributed by atoms with E-state index in [1.54, 1.807) is 23.1 Å². The van der Waals surface area contributed by atoms with Crippen LogP contribution in [0.5, 0.6) is 6.01 Å². The molecule has 4 aromatic rings. The predicted octanol–water partition coefficient (Wildman–Crippen LogP) is 6.30. The van der Waals surface area contributed by atoms with Crippen LogP contribution in [0, 0.1) is 23.6 Å². The molecule has 4 aliphatic rings. The first-order valence-corrected chi connectivity index (χ1v) is 17.0. The molecule has 2 aromatic heterocycles. The molecule has 4 fully saturated rings. The maximum atomic E-state index is 16.8. The summed E-state index contributed by atoms with van der Waals surface area (Å²) in [6.45, 7) is 2.55. The lowest BCUT2D eigenvalue weighted by atomic mass is 9.97. The van der Waals surface area contributed by atoms with E-state index in [9.17, 15) is 22.4 Å². The van der Waals surface area contributed by atoms with Gasteiger partial charge in [-0.3, -0.25) is 9.78 Å². The third-order valence-corrected chi connectivity index (χ3v) is 10.8. The minimum Gasteiger partial charge on any atom is -0.463 e. The van der Waals surface area contributed by atoms with Crippen LogP contribution in [0.2, 0.25) is 0 Å². The van der Waals surface area contributed by atoms with Crippen molar-refractivity contribution in [3.05, 3.63) is 54.0 Å². The number of terminal acetylenes is 1. The molecule has 1 aliphatic carbocycles. The zero-order valence-electron chi connectivity index (χ0n) is 27.2. The number of carbonyl (C=O) groups is 1. The molecule has 2 atom stereocenters. The smallest absolute Gasteiger partial charge is 0.463 e. The van der Waals surface area contributed by atoms with Crippen molar-refractivity contribution < 1.29 is 31.5 Å². The van der Waals surface area contributed by atoms with Gasteiger partial charge in [-0.05, 0) is 50.0 Å². The molecule has 3 aliphatic heterocycles. The van der Waals surface area contributed by atoms with Crippen molar-refractivity contribution in [1.29, 1.82) is 0 Å². The van der Waals surface area contributed by atoms with Crippen LogP contribution >= 0.6 is 0 Å². The Morgan fingerprint density at radius 1 is 1.02 bits per heavy atom. The van der Waals surface area contributed by atoms with Crippen molar-refractivity contribution in [1.82, 2.24) is 24.8 Å². The van der Waals surface area contributed by atoms with Crippen molar-refractivity contribution >= 4 is 33.4 Å². The molecule has 2 bridgehead atoms. The van der Waals surface area contributed by atoms with Gasteiger partial charge in [0.05, 0.1) is 24.1 Å². The highest BCUT2D eigenvalue weighted by molar-refractivity contribution is 6.02. The fourth-order valence-electron chi connectivity index (χ4n) is 8.00. The summed E-state index contributed by atoms with van der Waals surface area (Å²) in [6, 6.07) is 9.50. The van der Waals surface area contributed by atoms with Crippen LogP contribution in [-0.4, -0.2) is 94.4 Å². The zero-order chi connectivity index (χ0) is 34.8. The lowest BCUT2D eigenvalue weighted by molar-refractivity contribution is -0.188. The number of benzene rings is 2. The lowest BCUT2D eigenvalue weighted by Crippen LogP contribution is -2.59. The Hall–Kier alpha value is -4.57. The second-order valence-electron chi connectivity index (χ2n) is 14.1. The number of ether oxygens (including phenoxy) is 1. The summed E-state index contributed by atoms with van der Waals surface area (Å²) in [5.41, 5.74) is 0.919. The molecule has 8 nitrogen and oxygen atoms in total. The average Bonchev–Trinajstić information content (AvgIpc) is 3.83. The number of anilines is 1. The van der Waals surface area contributed by atoms with Crippen LogP contribution < -0.4 is 9.64 Å². The zero-order valence-corrected chi connectivity index (χ0v) is 27.2. The van der Waals surface area contributed by atoms with E-state index in [-0.39, 0.29) is 53.5 Å². The van der Waals surface area contributed by atoms with Gasteiger partial charge >= 0.3 is 18.1 Å². The molecule has 0 radical (unpaired) electrons. The van der Waals surface area contributed by atoms with Gasteiger partial charge < -0.3 is 19.4 Å². The van der Waals surface area contributed by atoms with Crippen LogP contribution in [0.3, 0.4) is 0 Å². The second-order valence-corrected chi connectivity index (χ2v) is 14.1. The van der Waals surface area contributed by atoms with E-state index in [2.05, 4.69) is 20.8 Å². The highest BCUT2D eigenvalue weighted by atomic mass is 19.4. The Balaban J connectivity index is 1.17. The fourth-order valence-corrected chi connectivity index (χ4v) is 8.00. The highest BCUT2D eigenvalue weighted by Gasteiger charge is 2.52. The SMILES string of the molecule is C#Cc1cccc2cccc(-c3ncc4c(N5CC6CCC(C5)N6C(=O)C(F)(F)F)nc(OCC5(CN6CCC(F)CC6)CC5)nc4c3F)c12. The molecule has 0 N–H and O–H groups in total. The quantitative estimate of drug-likeness (QED) is 0.167. The van der Waals surface area contributed by atoms with Crippen molar-refractivity contribution in [3.63, 3.8) is 0 Å². The number of carbonyl (C=O) groups excluding carboxylic acids is 1. The van der Waals surface area contributed by atoms with E-state index in [0.717, 1.165) is 29.7 Å². The number of rotatable bonds is 7. The number of alkyl halides is 4. The maximum Gasteiger partial charge on any atom is 0.471 e. The first-order valence-electron chi connectivity index (χ1n) is 17.0. The van der Waals surface area contributed by atoms with E-state index in [0.29, 0.717) is 55.3 Å². The number of pyridine rings is 1. The summed E-state index contributed by atoms with van der Waals surface area (Å²) in [6.07, 6.45) is 5.23. The molecule has 8 rings (SSSR count). The monoisotopic (exact) mass is 690 g/mol. The van der Waals surface area contributed by atoms with Crippen molar-refractivity contribution in [3.8, 4) is 29.6 Å². The second kappa shape index (κ2) is 12.3. The number of piperidine rings is 1. The van der Waals surface area contributed by atoms with E-state index in [1.165, 1.54) is 6.20 Å². The summed E-state index contributed by atoms with van der Waals surface area (Å²) in [5, 5.41) is 1.77. The summed E-state index contributed by atoms with van der Waals surface area (Å²) < 4.78 is 77.3. The van der Waals surface area contributed by atoms with Gasteiger partial charge in [0.25, 0.3) is 0 Å². The Bertz CT molecular complexity index is 2000. The van der Waals surface area contributed by atoms with Gasteiger partial charge in [-0.2, -0.15) is 23.1 Å². The number of halogens is 5. The normalized spacial score (nSPS) is 22.2. The van der Waals surface area contributed by atoms with Crippen molar-refractivity contribution in [2.24, 2.45) is 5.41 Å². The van der Waals surface area contributed by atoms with Gasteiger partial charge in [-0.15, -0.1) is 6.42 Å². The molecule has 3 saturated heterocycles. The van der Waals surface area contributed by atoms with Crippen LogP contribution in [0.4, 0.5) is 27.8 Å². The van der Waals surface area contributed by atoms with E-state index >= 15 is 4.39 Å². The van der Waals surface area contributed by atoms with Gasteiger partial charge in [0, 0.05) is 60.8 Å². The number of hydrogen-bond donors (Lipinski definition) is 0. The number of likely N-dealkylation sites (tertiary alicyclic amines) is 1. The van der Waals surface area contributed by atoms with Crippen LogP contribution in [0.1, 0.15) is 44.1 Å². The van der Waals surface area contributed by atoms with Gasteiger partial charge in [0.1, 0.15) is 23.2 Å². The third-order valence-electron chi connectivity index (χ3n) is 10.8. The number of amides is 1. The van der Waals surface area contributed by atoms with Crippen LogP contribution in [0.25, 0.3) is 32.9 Å². The van der Waals surface area contributed by atoms with Crippen LogP contribution in [0.15, 0.2) is 42.6 Å². The minimum atomic E-state index is -4.98. The third kappa shape index (κ3) is 5.87. The Labute approximate surface area is 285 Å². The Morgan fingerprint density at radius 2 is 1.72 bits per heavy atom. The molecule has 2 unspecified atom stereocenters. The maximum absolute atomic E-state index is 16.8. The van der Waals surface area contributed by atoms with Crippen LogP contribution in [-0.2, 0) is 4.79 Å². The van der Waals surface area contributed by atoms with E-state index in [1.807, 2.05) is 18.2 Å². The molecule has 1 amide bonds. The predicted molar refractivity (Wildman–Crippen MR) is 178 cm³/mol. The van der Waals surface area contributed by atoms with Gasteiger partial charge in [0.2, 0.25) is 0 Å². The first kappa shape index (κ1) is 32.6. The number of aromatic nitrogens is 3. The summed E-state index contributed by atoms with van der Waals surface area (Å²) in [5.74, 6) is 0.415. The molecular formula is C37H35F5N6O2. The van der Waals surface area contributed by atoms with E-state index in [4.69, 9.17) is 16.1 Å². The molecule has 260 valence electrons. The number of piperazine rings is 1. The number of nitrogens with zero attached hydrogens (tertiary/aromatic N) is 6. The Morgan fingerprint density at radius 3 is 2.38 bits per heavy atom. The summed E-state index contributed by atoms with van der Waals surface area (Å²) in [7, 11) is 0. The summed E-state index contributed by atoms with van der Waals surface area (Å²) in [4.78, 5) is 31.2. The number of hydrogen-bond acceptors (Lipinski definition) is 7. The van der Waals surface area contributed by atoms with Gasteiger partial charge in [0.15, 0.2) is 5.82 Å². The topological polar surface area (TPSA) is 74.7 Å². The standard InChI is InChI=1S/C37H35F5N6O2/c1-2-22-5-3-6-23-7-4-8-27(29(22)23)31-30(39)32-28(17-43-31)33(47-18-25-9-10-26(19-47)48(25)34(49)37(40,41)42)45-35(44-32)50-21-36(13-14-36)20-46-15-11-24(38)12-16-46/h1,3-8,17,24-26H,9-16,18-21H2. The number of fused-ring (bicyclic) bond motifs is 4. The first-order chi connectivity index (χ1) is 24.0. The van der Waals surface area contributed by atoms with Crippen molar-refractivity contribution in [2.75, 3.05) is 44.2 Å². The lowest BCUT2D eigenvalue weighted by Gasteiger charge is -2.42. The molecule has 50 heavy (non-hydrogen) atoms. The highest BCUT2D eigenvalue weighted by Crippen LogP contribution is 2.47. The molecule has 13 heteroatoms. The fraction of sp³-hybridized carbons (Fsp3) is 0.459. The minimum absolute atomic E-state index is 0.0389. The molecule has 5 heterocycles. The summed E-state index contributed by atoms with van der Waals surface area (Å²) >= 11 is 0. The van der Waals surface area contributed by atoms with Gasteiger partial charge in [-0.25, -0.2) is 8.78 Å². The molecule has 1 saturated carbocycles. The average molecular weight is 691 g/mol. The van der Waals surface area contributed by atoms with E-state index < -0.39 is 36.2 Å².